The van der Waals surface area contributed by atoms with Crippen molar-refractivity contribution in [3.8, 4) is 5.75 Å². The fraction of sp³-hybridized carbons (Fsp3) is 0.500. The fourth-order valence-electron chi connectivity index (χ4n) is 1.98. The predicted octanol–water partition coefficient (Wildman–Crippen LogP) is 2.61. The average Bonchev–Trinajstić information content (AvgIpc) is 2.89. The first-order valence-electron chi connectivity index (χ1n) is 6.98. The molecule has 0 bridgehead atoms. The van der Waals surface area contributed by atoms with Gasteiger partial charge in [0.2, 0.25) is 5.82 Å². The number of benzene rings is 1. The standard InChI is InChI=1S/C14H20BrN5O/c1-4-7-16-10(2)12-8-11(15)5-6-13(12)21-9-14-17-19-20(3)18-14/h5-6,8,10,16H,4,7,9H2,1-3H3. The number of nitrogens with zero attached hydrogens (tertiary/aromatic N) is 4. The van der Waals surface area contributed by atoms with Crippen molar-refractivity contribution in [1.29, 1.82) is 0 Å². The molecular formula is C14H20BrN5O. The molecule has 1 atom stereocenters. The average molecular weight is 354 g/mol. The third-order valence-electron chi connectivity index (χ3n) is 3.05. The van der Waals surface area contributed by atoms with E-state index >= 15 is 0 Å². The van der Waals surface area contributed by atoms with E-state index in [9.17, 15) is 0 Å². The second kappa shape index (κ2) is 7.51. The minimum Gasteiger partial charge on any atom is -0.485 e. The van der Waals surface area contributed by atoms with Crippen molar-refractivity contribution in [3.05, 3.63) is 34.1 Å². The van der Waals surface area contributed by atoms with Crippen molar-refractivity contribution < 1.29 is 4.74 Å². The Morgan fingerprint density at radius 2 is 2.24 bits per heavy atom. The fourth-order valence-corrected chi connectivity index (χ4v) is 2.36. The maximum Gasteiger partial charge on any atom is 0.212 e. The van der Waals surface area contributed by atoms with Gasteiger partial charge in [-0.15, -0.1) is 10.2 Å². The van der Waals surface area contributed by atoms with Crippen LogP contribution in [0.3, 0.4) is 0 Å². The van der Waals surface area contributed by atoms with Crippen LogP contribution in [-0.4, -0.2) is 26.8 Å². The second-order valence-corrected chi connectivity index (χ2v) is 5.76. The maximum absolute atomic E-state index is 5.85. The number of ether oxygens (including phenoxy) is 1. The lowest BCUT2D eigenvalue weighted by Crippen LogP contribution is -2.20. The molecule has 0 amide bonds. The SMILES string of the molecule is CCCNC(C)c1cc(Br)ccc1OCc1nnn(C)n1. The highest BCUT2D eigenvalue weighted by molar-refractivity contribution is 9.10. The molecule has 7 heteroatoms. The topological polar surface area (TPSA) is 64.9 Å². The Morgan fingerprint density at radius 1 is 1.43 bits per heavy atom. The number of aryl methyl sites for hydroxylation is 1. The largest absolute Gasteiger partial charge is 0.485 e. The van der Waals surface area contributed by atoms with E-state index in [1.165, 1.54) is 4.80 Å². The van der Waals surface area contributed by atoms with Gasteiger partial charge in [0.1, 0.15) is 5.75 Å². The molecule has 1 heterocycles. The van der Waals surface area contributed by atoms with Gasteiger partial charge in [0, 0.05) is 16.1 Å². The highest BCUT2D eigenvalue weighted by Gasteiger charge is 2.13. The summed E-state index contributed by atoms with van der Waals surface area (Å²) in [5.41, 5.74) is 1.11. The van der Waals surface area contributed by atoms with E-state index in [1.54, 1.807) is 7.05 Å². The second-order valence-electron chi connectivity index (χ2n) is 4.84. The Kier molecular flexibility index (Phi) is 5.69. The summed E-state index contributed by atoms with van der Waals surface area (Å²) >= 11 is 3.51. The van der Waals surface area contributed by atoms with Crippen molar-refractivity contribution in [2.75, 3.05) is 6.54 Å². The Labute approximate surface area is 133 Å². The molecule has 1 N–H and O–H groups in total. The molecule has 114 valence electrons. The zero-order chi connectivity index (χ0) is 15.2. The van der Waals surface area contributed by atoms with Crippen LogP contribution in [0.15, 0.2) is 22.7 Å². The van der Waals surface area contributed by atoms with Gasteiger partial charge in [0.15, 0.2) is 6.61 Å². The van der Waals surface area contributed by atoms with Gasteiger partial charge in [-0.1, -0.05) is 22.9 Å². The van der Waals surface area contributed by atoms with Crippen molar-refractivity contribution in [2.24, 2.45) is 7.05 Å². The molecule has 1 aromatic carbocycles. The molecule has 0 saturated carbocycles. The van der Waals surface area contributed by atoms with E-state index < -0.39 is 0 Å². The zero-order valence-electron chi connectivity index (χ0n) is 12.5. The quantitative estimate of drug-likeness (QED) is 0.828. The molecule has 2 aromatic rings. The molecule has 0 spiro atoms. The summed E-state index contributed by atoms with van der Waals surface area (Å²) in [4.78, 5) is 1.42. The smallest absolute Gasteiger partial charge is 0.212 e. The van der Waals surface area contributed by atoms with Crippen LogP contribution >= 0.6 is 15.9 Å². The summed E-state index contributed by atoms with van der Waals surface area (Å²) in [7, 11) is 1.73. The highest BCUT2D eigenvalue weighted by atomic mass is 79.9. The monoisotopic (exact) mass is 353 g/mol. The van der Waals surface area contributed by atoms with Crippen LogP contribution < -0.4 is 10.1 Å². The lowest BCUT2D eigenvalue weighted by atomic mass is 10.1. The van der Waals surface area contributed by atoms with Crippen LogP contribution in [0.25, 0.3) is 0 Å². The number of nitrogens with one attached hydrogen (secondary N) is 1. The van der Waals surface area contributed by atoms with Gasteiger partial charge in [-0.05, 0) is 43.3 Å². The van der Waals surface area contributed by atoms with E-state index in [2.05, 4.69) is 56.6 Å². The molecule has 21 heavy (non-hydrogen) atoms. The third-order valence-corrected chi connectivity index (χ3v) is 3.54. The summed E-state index contributed by atoms with van der Waals surface area (Å²) in [6, 6.07) is 6.22. The highest BCUT2D eigenvalue weighted by Crippen LogP contribution is 2.29. The van der Waals surface area contributed by atoms with Crippen LogP contribution in [0.1, 0.15) is 37.7 Å². The molecule has 1 aromatic heterocycles. The number of tetrazole rings is 1. The van der Waals surface area contributed by atoms with Gasteiger partial charge >= 0.3 is 0 Å². The third kappa shape index (κ3) is 4.50. The molecule has 0 aliphatic heterocycles. The maximum atomic E-state index is 5.85. The number of halogens is 1. The van der Waals surface area contributed by atoms with Crippen molar-refractivity contribution >= 4 is 15.9 Å². The minimum absolute atomic E-state index is 0.215. The van der Waals surface area contributed by atoms with E-state index in [0.717, 1.165) is 28.8 Å². The van der Waals surface area contributed by atoms with Gasteiger partial charge in [-0.25, -0.2) is 0 Å². The summed E-state index contributed by atoms with van der Waals surface area (Å²) < 4.78 is 6.89. The van der Waals surface area contributed by atoms with Gasteiger partial charge in [-0.3, -0.25) is 0 Å². The Hall–Kier alpha value is -1.47. The van der Waals surface area contributed by atoms with Crippen molar-refractivity contribution in [2.45, 2.75) is 32.9 Å². The van der Waals surface area contributed by atoms with Crippen LogP contribution in [0, 0.1) is 0 Å². The first-order valence-corrected chi connectivity index (χ1v) is 7.78. The molecule has 0 fully saturated rings. The minimum atomic E-state index is 0.215. The lowest BCUT2D eigenvalue weighted by molar-refractivity contribution is 0.289. The number of aromatic nitrogens is 4. The van der Waals surface area contributed by atoms with Gasteiger partial charge in [-0.2, -0.15) is 4.80 Å². The number of hydrogen-bond acceptors (Lipinski definition) is 5. The molecular weight excluding hydrogens is 334 g/mol. The van der Waals surface area contributed by atoms with E-state index in [0.29, 0.717) is 12.4 Å². The zero-order valence-corrected chi connectivity index (χ0v) is 14.1. The van der Waals surface area contributed by atoms with Crippen molar-refractivity contribution in [3.63, 3.8) is 0 Å². The van der Waals surface area contributed by atoms with Crippen LogP contribution in [-0.2, 0) is 13.7 Å². The van der Waals surface area contributed by atoms with E-state index in [4.69, 9.17) is 4.74 Å². The Bertz CT molecular complexity index is 586. The van der Waals surface area contributed by atoms with Crippen LogP contribution in [0.5, 0.6) is 5.75 Å². The van der Waals surface area contributed by atoms with Crippen LogP contribution in [0.2, 0.25) is 0 Å². The van der Waals surface area contributed by atoms with Crippen molar-refractivity contribution in [1.82, 2.24) is 25.5 Å². The van der Waals surface area contributed by atoms with Gasteiger partial charge in [0.05, 0.1) is 7.05 Å². The number of hydrogen-bond donors (Lipinski definition) is 1. The molecule has 0 radical (unpaired) electrons. The summed E-state index contributed by atoms with van der Waals surface area (Å²) in [6.45, 7) is 5.56. The lowest BCUT2D eigenvalue weighted by Gasteiger charge is -2.18. The summed E-state index contributed by atoms with van der Waals surface area (Å²) in [5.74, 6) is 1.40. The van der Waals surface area contributed by atoms with Crippen LogP contribution in [0.4, 0.5) is 0 Å². The summed E-state index contributed by atoms with van der Waals surface area (Å²) in [5, 5.41) is 15.3. The van der Waals surface area contributed by atoms with E-state index in [-0.39, 0.29) is 6.04 Å². The molecule has 0 saturated heterocycles. The molecule has 2 rings (SSSR count). The molecule has 1 unspecified atom stereocenters. The first kappa shape index (κ1) is 15.9. The normalized spacial score (nSPS) is 12.4. The van der Waals surface area contributed by atoms with Gasteiger partial charge in [0.25, 0.3) is 0 Å². The molecule has 0 aliphatic rings. The number of rotatable bonds is 7. The van der Waals surface area contributed by atoms with E-state index in [1.807, 2.05) is 12.1 Å². The first-order chi connectivity index (χ1) is 10.1. The molecule has 0 aliphatic carbocycles. The van der Waals surface area contributed by atoms with Gasteiger partial charge < -0.3 is 10.1 Å². The predicted molar refractivity (Wildman–Crippen MR) is 84.0 cm³/mol. The Balaban J connectivity index is 2.10. The Morgan fingerprint density at radius 3 is 2.90 bits per heavy atom. The molecule has 6 nitrogen and oxygen atoms in total. The summed E-state index contributed by atoms with van der Waals surface area (Å²) in [6.07, 6.45) is 1.10.